The van der Waals surface area contributed by atoms with E-state index in [4.69, 9.17) is 18.9 Å². The average Bonchev–Trinajstić information content (AvgIpc) is 2.84. The summed E-state index contributed by atoms with van der Waals surface area (Å²) in [7, 11) is 3.22. The first-order valence-electron chi connectivity index (χ1n) is 11.1. The molecule has 0 aliphatic carbocycles. The predicted octanol–water partition coefficient (Wildman–Crippen LogP) is 2.44. The van der Waals surface area contributed by atoms with Crippen molar-refractivity contribution < 1.29 is 28.5 Å². The van der Waals surface area contributed by atoms with Crippen molar-refractivity contribution in [3.8, 4) is 17.2 Å². The second-order valence-electron chi connectivity index (χ2n) is 8.12. The Labute approximate surface area is 194 Å². The highest BCUT2D eigenvalue weighted by Crippen LogP contribution is 2.41. The van der Waals surface area contributed by atoms with Gasteiger partial charge in [-0.2, -0.15) is 0 Å². The zero-order valence-electron chi connectivity index (χ0n) is 19.3. The summed E-state index contributed by atoms with van der Waals surface area (Å²) in [5.41, 5.74) is 3.06. The van der Waals surface area contributed by atoms with E-state index in [2.05, 4.69) is 0 Å². The molecule has 0 aromatic heterocycles. The molecule has 3 aliphatic heterocycles. The molecule has 1 unspecified atom stereocenters. The molecule has 33 heavy (non-hydrogen) atoms. The molecule has 8 nitrogen and oxygen atoms in total. The Morgan fingerprint density at radius 2 is 1.73 bits per heavy atom. The largest absolute Gasteiger partial charge is 0.493 e. The van der Waals surface area contributed by atoms with Gasteiger partial charge >= 0.3 is 0 Å². The fraction of sp³-hybridized carbons (Fsp3) is 0.440. The van der Waals surface area contributed by atoms with Gasteiger partial charge in [-0.25, -0.2) is 0 Å². The Bertz CT molecular complexity index is 1010. The molecule has 3 heterocycles. The molecule has 0 N–H and O–H groups in total. The molecule has 0 radical (unpaired) electrons. The lowest BCUT2D eigenvalue weighted by atomic mass is 9.87. The highest BCUT2D eigenvalue weighted by molar-refractivity contribution is 5.84. The van der Waals surface area contributed by atoms with Gasteiger partial charge in [-0.15, -0.1) is 0 Å². The second kappa shape index (κ2) is 10.1. The van der Waals surface area contributed by atoms with Crippen LogP contribution >= 0.6 is 0 Å². The lowest BCUT2D eigenvalue weighted by molar-refractivity contribution is -0.141. The Balaban J connectivity index is 1.78. The zero-order chi connectivity index (χ0) is 23.4. The molecular formula is C25H30N2O6. The highest BCUT2D eigenvalue weighted by Gasteiger charge is 2.34. The molecule has 0 saturated heterocycles. The zero-order valence-corrected chi connectivity index (χ0v) is 19.3. The van der Waals surface area contributed by atoms with Crippen molar-refractivity contribution in [3.63, 3.8) is 0 Å². The van der Waals surface area contributed by atoms with Crippen LogP contribution in [0.1, 0.15) is 29.7 Å². The number of hydrogen-bond donors (Lipinski definition) is 0. The lowest BCUT2D eigenvalue weighted by Crippen LogP contribution is -2.47. The summed E-state index contributed by atoms with van der Waals surface area (Å²) in [5.74, 6) is 1.76. The number of fused-ring (bicyclic) bond motifs is 11. The molecule has 2 aromatic carbocycles. The van der Waals surface area contributed by atoms with Gasteiger partial charge in [0.05, 0.1) is 40.0 Å². The maximum Gasteiger partial charge on any atom is 0.242 e. The van der Waals surface area contributed by atoms with E-state index in [1.54, 1.807) is 14.2 Å². The topological polar surface area (TPSA) is 77.5 Å². The summed E-state index contributed by atoms with van der Waals surface area (Å²) in [6.45, 7) is 3.53. The summed E-state index contributed by atoms with van der Waals surface area (Å²) < 4.78 is 22.4. The lowest BCUT2D eigenvalue weighted by Gasteiger charge is -2.39. The van der Waals surface area contributed by atoms with Crippen LogP contribution in [0, 0.1) is 0 Å². The van der Waals surface area contributed by atoms with Gasteiger partial charge < -0.3 is 28.7 Å². The summed E-state index contributed by atoms with van der Waals surface area (Å²) in [4.78, 5) is 29.1. The van der Waals surface area contributed by atoms with Gasteiger partial charge in [-0.1, -0.05) is 12.1 Å². The number of methoxy groups -OCH3 is 2. The van der Waals surface area contributed by atoms with E-state index >= 15 is 0 Å². The second-order valence-corrected chi connectivity index (χ2v) is 8.12. The molecule has 8 heteroatoms. The minimum atomic E-state index is -0.315. The van der Waals surface area contributed by atoms with Crippen LogP contribution in [0.25, 0.3) is 0 Å². The van der Waals surface area contributed by atoms with Crippen LogP contribution in [0.15, 0.2) is 36.4 Å². The van der Waals surface area contributed by atoms with E-state index in [0.717, 1.165) is 22.4 Å². The molecule has 0 saturated carbocycles. The Kier molecular flexibility index (Phi) is 7.03. The average molecular weight is 455 g/mol. The van der Waals surface area contributed by atoms with Gasteiger partial charge in [0.1, 0.15) is 12.4 Å². The van der Waals surface area contributed by atoms with E-state index in [9.17, 15) is 9.59 Å². The molecule has 2 amide bonds. The maximum absolute atomic E-state index is 13.5. The van der Waals surface area contributed by atoms with Crippen LogP contribution in [0.3, 0.4) is 0 Å². The van der Waals surface area contributed by atoms with Crippen molar-refractivity contribution in [1.29, 1.82) is 0 Å². The third-order valence-electron chi connectivity index (χ3n) is 6.16. The monoisotopic (exact) mass is 454 g/mol. The SMILES string of the molecule is COc1cc2c(cc1OC)C1c3ccc(cc3)OCCOCCN(C(C)=O)CC(=O)N1CC2. The van der Waals surface area contributed by atoms with Crippen LogP contribution in [0.2, 0.25) is 0 Å². The van der Waals surface area contributed by atoms with E-state index < -0.39 is 0 Å². The molecule has 3 aliphatic rings. The van der Waals surface area contributed by atoms with Crippen molar-refractivity contribution in [1.82, 2.24) is 9.80 Å². The number of amides is 2. The number of hydrogen-bond acceptors (Lipinski definition) is 6. The smallest absolute Gasteiger partial charge is 0.242 e. The molecule has 0 spiro atoms. The fourth-order valence-corrected chi connectivity index (χ4v) is 4.42. The summed E-state index contributed by atoms with van der Waals surface area (Å²) in [6.07, 6.45) is 0.683. The van der Waals surface area contributed by atoms with Crippen LogP contribution < -0.4 is 14.2 Å². The van der Waals surface area contributed by atoms with Gasteiger partial charge in [-0.05, 0) is 47.4 Å². The van der Waals surface area contributed by atoms with Crippen molar-refractivity contribution in [2.45, 2.75) is 19.4 Å². The number of ether oxygens (including phenoxy) is 4. The van der Waals surface area contributed by atoms with E-state index in [1.807, 2.05) is 41.3 Å². The minimum Gasteiger partial charge on any atom is -0.493 e. The van der Waals surface area contributed by atoms with E-state index in [1.165, 1.54) is 11.8 Å². The normalized spacial score (nSPS) is 19.0. The van der Waals surface area contributed by atoms with E-state index in [0.29, 0.717) is 50.8 Å². The number of rotatable bonds is 2. The van der Waals surface area contributed by atoms with Crippen molar-refractivity contribution >= 4 is 11.8 Å². The molecule has 1 atom stereocenters. The molecular weight excluding hydrogens is 424 g/mol. The third-order valence-corrected chi connectivity index (χ3v) is 6.16. The van der Waals surface area contributed by atoms with Crippen LogP contribution in [0.4, 0.5) is 0 Å². The van der Waals surface area contributed by atoms with Gasteiger partial charge in [0.15, 0.2) is 11.5 Å². The van der Waals surface area contributed by atoms with Crippen LogP contribution in [0.5, 0.6) is 17.2 Å². The van der Waals surface area contributed by atoms with Crippen molar-refractivity contribution in [2.24, 2.45) is 0 Å². The molecule has 5 rings (SSSR count). The standard InChI is InChI=1S/C25H30N2O6/c1-17(28)26-10-11-32-12-13-33-20-6-4-18(5-7-20)25-21-15-23(31-3)22(30-2)14-19(21)8-9-27(25)24(29)16-26/h4-7,14-15,25H,8-13,16H2,1-3H3. The Morgan fingerprint density at radius 1 is 1.00 bits per heavy atom. The summed E-state index contributed by atoms with van der Waals surface area (Å²) in [5, 5.41) is 0. The quantitative estimate of drug-likeness (QED) is 0.649. The molecule has 2 bridgehead atoms. The predicted molar refractivity (Wildman–Crippen MR) is 122 cm³/mol. The fourth-order valence-electron chi connectivity index (χ4n) is 4.42. The van der Waals surface area contributed by atoms with Gasteiger partial charge in [0, 0.05) is 20.0 Å². The number of carbonyl (C=O) groups excluding carboxylic acids is 2. The summed E-state index contributed by atoms with van der Waals surface area (Å²) >= 11 is 0. The minimum absolute atomic E-state index is 0.00635. The first-order chi connectivity index (χ1) is 16.0. The first-order valence-corrected chi connectivity index (χ1v) is 11.1. The van der Waals surface area contributed by atoms with Gasteiger partial charge in [0.25, 0.3) is 0 Å². The summed E-state index contributed by atoms with van der Waals surface area (Å²) in [6, 6.07) is 11.4. The van der Waals surface area contributed by atoms with Crippen molar-refractivity contribution in [2.75, 3.05) is 53.7 Å². The maximum atomic E-state index is 13.5. The molecule has 176 valence electrons. The highest BCUT2D eigenvalue weighted by atomic mass is 16.5. The van der Waals surface area contributed by atoms with Gasteiger partial charge in [0.2, 0.25) is 11.8 Å². The van der Waals surface area contributed by atoms with Crippen LogP contribution in [-0.2, 0) is 20.7 Å². The van der Waals surface area contributed by atoms with E-state index in [-0.39, 0.29) is 24.4 Å². The number of carbonyl (C=O) groups is 2. The number of nitrogens with zero attached hydrogens (tertiary/aromatic N) is 2. The molecule has 0 fully saturated rings. The Hall–Kier alpha value is -3.26. The Morgan fingerprint density at radius 3 is 2.42 bits per heavy atom. The van der Waals surface area contributed by atoms with Crippen molar-refractivity contribution in [3.05, 3.63) is 53.1 Å². The van der Waals surface area contributed by atoms with Crippen LogP contribution in [-0.4, -0.2) is 75.3 Å². The first kappa shape index (κ1) is 22.9. The third kappa shape index (κ3) is 4.90. The number of benzene rings is 2. The molecule has 2 aromatic rings. The van der Waals surface area contributed by atoms with Gasteiger partial charge in [-0.3, -0.25) is 9.59 Å².